The molecule has 102 valence electrons. The zero-order chi connectivity index (χ0) is 14.5. The number of nitro groups is 1. The number of aromatic nitrogens is 1. The Morgan fingerprint density at radius 2 is 2.20 bits per heavy atom. The molecule has 0 radical (unpaired) electrons. The van der Waals surface area contributed by atoms with Crippen LogP contribution in [0.4, 0.5) is 5.69 Å². The van der Waals surface area contributed by atoms with Gasteiger partial charge in [-0.05, 0) is 23.1 Å². The average Bonchev–Trinajstić information content (AvgIpc) is 2.46. The van der Waals surface area contributed by atoms with Crippen molar-refractivity contribution in [3.63, 3.8) is 0 Å². The topological polar surface area (TPSA) is 82.3 Å². The third-order valence-corrected chi connectivity index (χ3v) is 2.84. The predicted octanol–water partition coefficient (Wildman–Crippen LogP) is 2.72. The van der Waals surface area contributed by atoms with Crippen molar-refractivity contribution in [2.24, 2.45) is 0 Å². The zero-order valence-corrected chi connectivity index (χ0v) is 10.8. The maximum absolute atomic E-state index is 11.0. The smallest absolute Gasteiger partial charge is 0.309 e. The Morgan fingerprint density at radius 3 is 2.90 bits per heavy atom. The first-order valence-corrected chi connectivity index (χ1v) is 5.88. The molecular weight excluding hydrogens is 260 g/mol. The molecule has 1 aromatic carbocycles. The summed E-state index contributed by atoms with van der Waals surface area (Å²) in [6, 6.07) is 4.79. The summed E-state index contributed by atoms with van der Waals surface area (Å²) in [5.41, 5.74) is 0.801. The van der Waals surface area contributed by atoms with E-state index in [1.807, 2.05) is 0 Å². The number of pyridine rings is 1. The van der Waals surface area contributed by atoms with Crippen LogP contribution >= 0.6 is 0 Å². The first kappa shape index (κ1) is 13.7. The van der Waals surface area contributed by atoms with Gasteiger partial charge in [-0.3, -0.25) is 19.9 Å². The lowest BCUT2D eigenvalue weighted by atomic mass is 10.0. The van der Waals surface area contributed by atoms with E-state index < -0.39 is 4.92 Å². The molecule has 0 amide bonds. The Kier molecular flexibility index (Phi) is 4.05. The van der Waals surface area contributed by atoms with Crippen LogP contribution in [-0.2, 0) is 9.53 Å². The van der Waals surface area contributed by atoms with Crippen LogP contribution in [0, 0.1) is 10.1 Å². The number of hydrogen-bond acceptors (Lipinski definition) is 5. The van der Waals surface area contributed by atoms with Crippen molar-refractivity contribution in [3.8, 4) is 0 Å². The molecule has 1 aromatic heterocycles. The molecule has 0 aliphatic heterocycles. The number of nitro benzene ring substituents is 1. The van der Waals surface area contributed by atoms with Crippen molar-refractivity contribution in [3.05, 3.63) is 52.3 Å². The molecule has 0 aliphatic carbocycles. The number of methoxy groups -OCH3 is 1. The number of hydrogen-bond donors (Lipinski definition) is 0. The van der Waals surface area contributed by atoms with Crippen LogP contribution in [0.1, 0.15) is 12.0 Å². The Morgan fingerprint density at radius 1 is 1.40 bits per heavy atom. The molecule has 0 saturated heterocycles. The summed E-state index contributed by atoms with van der Waals surface area (Å²) in [6.45, 7) is 0. The van der Waals surface area contributed by atoms with Gasteiger partial charge in [-0.25, -0.2) is 0 Å². The fraction of sp³-hybridized carbons (Fsp3) is 0.143. The van der Waals surface area contributed by atoms with Crippen LogP contribution in [0.3, 0.4) is 0 Å². The number of rotatable bonds is 4. The van der Waals surface area contributed by atoms with Crippen molar-refractivity contribution in [1.29, 1.82) is 0 Å². The molecular formula is C14H12N2O4. The summed E-state index contributed by atoms with van der Waals surface area (Å²) in [6.07, 6.45) is 6.59. The second-order valence-corrected chi connectivity index (χ2v) is 4.03. The molecule has 2 aromatic rings. The monoisotopic (exact) mass is 272 g/mol. The quantitative estimate of drug-likeness (QED) is 0.485. The molecule has 6 nitrogen and oxygen atoms in total. The highest BCUT2D eigenvalue weighted by atomic mass is 16.6. The van der Waals surface area contributed by atoms with E-state index in [1.54, 1.807) is 30.5 Å². The average molecular weight is 272 g/mol. The Balaban J connectivity index is 2.43. The number of nitrogens with zero attached hydrogens (tertiary/aromatic N) is 2. The number of carbonyl (C=O) groups excluding carboxylic acids is 1. The minimum atomic E-state index is -0.439. The minimum Gasteiger partial charge on any atom is -0.469 e. The van der Waals surface area contributed by atoms with Gasteiger partial charge in [0.2, 0.25) is 0 Å². The summed E-state index contributed by atoms with van der Waals surface area (Å²) in [5, 5.41) is 12.2. The molecule has 0 atom stereocenters. The summed E-state index contributed by atoms with van der Waals surface area (Å²) >= 11 is 0. The van der Waals surface area contributed by atoms with Crippen molar-refractivity contribution in [1.82, 2.24) is 4.98 Å². The van der Waals surface area contributed by atoms with Crippen LogP contribution in [0.15, 0.2) is 36.7 Å². The molecule has 0 spiro atoms. The second kappa shape index (κ2) is 5.92. The summed E-state index contributed by atoms with van der Waals surface area (Å²) < 4.78 is 4.54. The van der Waals surface area contributed by atoms with Crippen LogP contribution in [0.5, 0.6) is 0 Å². The number of ether oxygens (including phenoxy) is 1. The fourth-order valence-electron chi connectivity index (χ4n) is 1.87. The van der Waals surface area contributed by atoms with E-state index in [2.05, 4.69) is 9.72 Å². The van der Waals surface area contributed by atoms with Gasteiger partial charge >= 0.3 is 5.97 Å². The molecule has 0 unspecified atom stereocenters. The molecule has 6 heteroatoms. The molecule has 2 rings (SSSR count). The Bertz CT molecular complexity index is 695. The highest BCUT2D eigenvalue weighted by molar-refractivity contribution is 5.96. The molecule has 1 heterocycles. The van der Waals surface area contributed by atoms with Crippen LogP contribution in [-0.4, -0.2) is 23.0 Å². The summed E-state index contributed by atoms with van der Waals surface area (Å²) in [7, 11) is 1.32. The van der Waals surface area contributed by atoms with Crippen molar-refractivity contribution >= 4 is 28.5 Å². The van der Waals surface area contributed by atoms with Crippen molar-refractivity contribution < 1.29 is 14.5 Å². The van der Waals surface area contributed by atoms with Gasteiger partial charge in [-0.15, -0.1) is 0 Å². The lowest BCUT2D eigenvalue weighted by molar-refractivity contribution is -0.383. The molecule has 20 heavy (non-hydrogen) atoms. The maximum atomic E-state index is 11.0. The van der Waals surface area contributed by atoms with E-state index in [0.29, 0.717) is 5.39 Å². The van der Waals surface area contributed by atoms with Gasteiger partial charge < -0.3 is 4.74 Å². The van der Waals surface area contributed by atoms with Gasteiger partial charge in [-0.1, -0.05) is 12.2 Å². The second-order valence-electron chi connectivity index (χ2n) is 4.03. The largest absolute Gasteiger partial charge is 0.469 e. The van der Waals surface area contributed by atoms with E-state index >= 15 is 0 Å². The third-order valence-electron chi connectivity index (χ3n) is 2.84. The number of non-ortho nitro benzene ring substituents is 1. The standard InChI is InChI=1S/C14H12N2O4/c1-20-14(17)4-2-3-10-5-6-13(16(18)19)12-9-15-8-7-11(10)12/h2-3,5-9H,4H2,1H3. The van der Waals surface area contributed by atoms with Gasteiger partial charge in [0, 0.05) is 18.5 Å². The number of benzene rings is 1. The predicted molar refractivity (Wildman–Crippen MR) is 74.1 cm³/mol. The van der Waals surface area contributed by atoms with E-state index in [1.165, 1.54) is 19.4 Å². The lowest BCUT2D eigenvalue weighted by Gasteiger charge is -2.03. The normalized spacial score (nSPS) is 10.8. The molecule has 0 N–H and O–H groups in total. The van der Waals surface area contributed by atoms with Gasteiger partial charge in [0.15, 0.2) is 0 Å². The van der Waals surface area contributed by atoms with Crippen LogP contribution < -0.4 is 0 Å². The minimum absolute atomic E-state index is 0.0122. The van der Waals surface area contributed by atoms with E-state index in [-0.39, 0.29) is 18.1 Å². The Hall–Kier alpha value is -2.76. The fourth-order valence-corrected chi connectivity index (χ4v) is 1.87. The zero-order valence-electron chi connectivity index (χ0n) is 10.8. The first-order valence-electron chi connectivity index (χ1n) is 5.88. The molecule has 0 bridgehead atoms. The van der Waals surface area contributed by atoms with E-state index in [4.69, 9.17) is 0 Å². The van der Waals surface area contributed by atoms with Crippen LogP contribution in [0.25, 0.3) is 16.8 Å². The maximum Gasteiger partial charge on any atom is 0.309 e. The first-order chi connectivity index (χ1) is 9.63. The van der Waals surface area contributed by atoms with E-state index in [0.717, 1.165) is 10.9 Å². The SMILES string of the molecule is COC(=O)CC=Cc1ccc([N+](=O)[O-])c2cnccc12. The summed E-state index contributed by atoms with van der Waals surface area (Å²) in [4.78, 5) is 25.5. The van der Waals surface area contributed by atoms with Gasteiger partial charge in [0.05, 0.1) is 23.8 Å². The van der Waals surface area contributed by atoms with Gasteiger partial charge in [-0.2, -0.15) is 0 Å². The van der Waals surface area contributed by atoms with Crippen molar-refractivity contribution in [2.75, 3.05) is 7.11 Å². The lowest BCUT2D eigenvalue weighted by Crippen LogP contribution is -1.96. The van der Waals surface area contributed by atoms with Crippen molar-refractivity contribution in [2.45, 2.75) is 6.42 Å². The number of carbonyl (C=O) groups is 1. The molecule has 0 aliphatic rings. The summed E-state index contributed by atoms with van der Waals surface area (Å²) in [5.74, 6) is -0.339. The number of fused-ring (bicyclic) bond motifs is 1. The highest BCUT2D eigenvalue weighted by Crippen LogP contribution is 2.28. The number of esters is 1. The van der Waals surface area contributed by atoms with E-state index in [9.17, 15) is 14.9 Å². The van der Waals surface area contributed by atoms with Gasteiger partial charge in [0.25, 0.3) is 5.69 Å². The third kappa shape index (κ3) is 2.80. The molecule has 0 fully saturated rings. The van der Waals surface area contributed by atoms with Crippen LogP contribution in [0.2, 0.25) is 0 Å². The molecule has 0 saturated carbocycles. The Labute approximate surface area is 114 Å². The van der Waals surface area contributed by atoms with Gasteiger partial charge in [0.1, 0.15) is 0 Å². The highest BCUT2D eigenvalue weighted by Gasteiger charge is 2.13.